The van der Waals surface area contributed by atoms with Crippen molar-refractivity contribution >= 4 is 39.9 Å². The standard InChI is InChI=1S/C25H28FN3O6S/c1-16(25(32)28-17-6-2-3-7-17)29(20-9-5-4-8-19(20)26)24(31)14-36(33)13-23(30)27-18-10-11-21-22(12-18)35-15-34-21/h4-5,8-12,16-17H,2-3,6-7,13-15H2,1H3,(H,27,30)(H,28,32)/t16-,36+/m1/s1. The van der Waals surface area contributed by atoms with Crippen LogP contribution in [-0.2, 0) is 25.2 Å². The molecule has 1 saturated carbocycles. The monoisotopic (exact) mass is 517 g/mol. The summed E-state index contributed by atoms with van der Waals surface area (Å²) in [6.07, 6.45) is 3.74. The molecule has 9 nitrogen and oxygen atoms in total. The molecule has 0 aromatic heterocycles. The molecular weight excluding hydrogens is 489 g/mol. The maximum absolute atomic E-state index is 14.6. The molecule has 0 spiro atoms. The number of hydrogen-bond acceptors (Lipinski definition) is 6. The minimum Gasteiger partial charge on any atom is -0.454 e. The zero-order chi connectivity index (χ0) is 25.7. The summed E-state index contributed by atoms with van der Waals surface area (Å²) in [4.78, 5) is 39.5. The maximum Gasteiger partial charge on any atom is 0.243 e. The molecule has 11 heteroatoms. The van der Waals surface area contributed by atoms with Gasteiger partial charge in [0.15, 0.2) is 11.5 Å². The Morgan fingerprint density at radius 2 is 1.81 bits per heavy atom. The van der Waals surface area contributed by atoms with E-state index in [1.54, 1.807) is 24.3 Å². The fourth-order valence-corrected chi connectivity index (χ4v) is 5.17. The van der Waals surface area contributed by atoms with E-state index in [1.165, 1.54) is 25.1 Å². The second-order valence-electron chi connectivity index (χ2n) is 8.73. The van der Waals surface area contributed by atoms with Crippen molar-refractivity contribution in [2.24, 2.45) is 0 Å². The van der Waals surface area contributed by atoms with Gasteiger partial charge in [-0.05, 0) is 44.0 Å². The van der Waals surface area contributed by atoms with Crippen LogP contribution in [0.4, 0.5) is 15.8 Å². The van der Waals surface area contributed by atoms with Crippen molar-refractivity contribution < 1.29 is 32.5 Å². The Balaban J connectivity index is 1.41. The Labute approximate surface area is 210 Å². The van der Waals surface area contributed by atoms with E-state index in [0.29, 0.717) is 17.2 Å². The van der Waals surface area contributed by atoms with E-state index in [0.717, 1.165) is 30.6 Å². The van der Waals surface area contributed by atoms with Crippen LogP contribution in [0.5, 0.6) is 11.5 Å². The lowest BCUT2D eigenvalue weighted by atomic mass is 10.1. The molecule has 192 valence electrons. The summed E-state index contributed by atoms with van der Waals surface area (Å²) < 4.78 is 37.8. The molecule has 0 bridgehead atoms. The average molecular weight is 518 g/mol. The van der Waals surface area contributed by atoms with Crippen molar-refractivity contribution in [1.82, 2.24) is 5.32 Å². The molecule has 1 fully saturated rings. The first-order valence-corrected chi connectivity index (χ1v) is 13.2. The van der Waals surface area contributed by atoms with Gasteiger partial charge in [0.2, 0.25) is 24.5 Å². The number of rotatable bonds is 9. The number of carbonyl (C=O) groups excluding carboxylic acids is 3. The highest BCUT2D eigenvalue weighted by atomic mass is 32.2. The Morgan fingerprint density at radius 1 is 1.08 bits per heavy atom. The van der Waals surface area contributed by atoms with Crippen LogP contribution in [0.15, 0.2) is 42.5 Å². The van der Waals surface area contributed by atoms with Gasteiger partial charge in [-0.25, -0.2) is 4.39 Å². The van der Waals surface area contributed by atoms with Crippen molar-refractivity contribution in [1.29, 1.82) is 0 Å². The summed E-state index contributed by atoms with van der Waals surface area (Å²) >= 11 is 0. The summed E-state index contributed by atoms with van der Waals surface area (Å²) in [7, 11) is -1.90. The third kappa shape index (κ3) is 6.20. The van der Waals surface area contributed by atoms with Gasteiger partial charge in [-0.1, -0.05) is 25.0 Å². The Kier molecular flexibility index (Phi) is 8.19. The lowest BCUT2D eigenvalue weighted by Crippen LogP contribution is -2.51. The van der Waals surface area contributed by atoms with Gasteiger partial charge in [-0.15, -0.1) is 0 Å². The van der Waals surface area contributed by atoms with Crippen LogP contribution in [0, 0.1) is 5.82 Å². The molecule has 1 heterocycles. The molecule has 1 aliphatic heterocycles. The number of anilines is 2. The first kappa shape index (κ1) is 25.6. The minimum absolute atomic E-state index is 0.0199. The topological polar surface area (TPSA) is 114 Å². The molecule has 2 atom stereocenters. The molecule has 2 aromatic rings. The van der Waals surface area contributed by atoms with Crippen molar-refractivity contribution in [3.8, 4) is 11.5 Å². The lowest BCUT2D eigenvalue weighted by Gasteiger charge is -2.29. The second-order valence-corrected chi connectivity index (χ2v) is 10.2. The van der Waals surface area contributed by atoms with Crippen molar-refractivity contribution in [3.63, 3.8) is 0 Å². The van der Waals surface area contributed by atoms with Crippen LogP contribution >= 0.6 is 0 Å². The number of amides is 3. The average Bonchev–Trinajstić information content (AvgIpc) is 3.51. The Bertz CT molecular complexity index is 1170. The van der Waals surface area contributed by atoms with Gasteiger partial charge in [0.1, 0.15) is 23.4 Å². The number of nitrogens with zero attached hydrogens (tertiary/aromatic N) is 1. The first-order chi connectivity index (χ1) is 17.3. The summed E-state index contributed by atoms with van der Waals surface area (Å²) in [6, 6.07) is 9.43. The van der Waals surface area contributed by atoms with E-state index in [-0.39, 0.29) is 18.5 Å². The quantitative estimate of drug-likeness (QED) is 0.529. The lowest BCUT2D eigenvalue weighted by molar-refractivity contribution is -0.125. The number of ether oxygens (including phenoxy) is 2. The van der Waals surface area contributed by atoms with E-state index >= 15 is 0 Å². The first-order valence-electron chi connectivity index (χ1n) is 11.7. The van der Waals surface area contributed by atoms with Crippen LogP contribution in [0.2, 0.25) is 0 Å². The molecule has 0 saturated heterocycles. The van der Waals surface area contributed by atoms with E-state index in [4.69, 9.17) is 9.47 Å². The fraction of sp³-hybridized carbons (Fsp3) is 0.400. The molecule has 0 radical (unpaired) electrons. The largest absolute Gasteiger partial charge is 0.454 e. The van der Waals surface area contributed by atoms with Crippen LogP contribution in [0.1, 0.15) is 32.6 Å². The summed E-state index contributed by atoms with van der Waals surface area (Å²) in [6.45, 7) is 1.60. The van der Waals surface area contributed by atoms with Crippen LogP contribution in [-0.4, -0.2) is 52.3 Å². The molecule has 2 aliphatic rings. The van der Waals surface area contributed by atoms with E-state index in [9.17, 15) is 23.0 Å². The normalized spacial score (nSPS) is 16.3. The van der Waals surface area contributed by atoms with E-state index in [2.05, 4.69) is 10.6 Å². The number of benzene rings is 2. The smallest absolute Gasteiger partial charge is 0.243 e. The predicted octanol–water partition coefficient (Wildman–Crippen LogP) is 2.72. The summed E-state index contributed by atoms with van der Waals surface area (Å²) in [5, 5.41) is 5.53. The highest BCUT2D eigenvalue weighted by molar-refractivity contribution is 7.86. The van der Waals surface area contributed by atoms with Crippen molar-refractivity contribution in [3.05, 3.63) is 48.3 Å². The van der Waals surface area contributed by atoms with Gasteiger partial charge in [0.05, 0.1) is 5.69 Å². The number of fused-ring (bicyclic) bond motifs is 1. The second kappa shape index (κ2) is 11.5. The van der Waals surface area contributed by atoms with E-state index < -0.39 is 51.9 Å². The Hall–Kier alpha value is -3.47. The Morgan fingerprint density at radius 3 is 2.56 bits per heavy atom. The van der Waals surface area contributed by atoms with Gasteiger partial charge in [-0.2, -0.15) is 0 Å². The van der Waals surface area contributed by atoms with Crippen LogP contribution in [0.3, 0.4) is 0 Å². The van der Waals surface area contributed by atoms with Gasteiger partial charge in [0, 0.05) is 28.6 Å². The number of hydrogen-bond donors (Lipinski definition) is 2. The molecule has 36 heavy (non-hydrogen) atoms. The molecule has 2 aromatic carbocycles. The SMILES string of the molecule is C[C@H](C(=O)NC1CCCC1)N(C(=O)C[S@@](=O)CC(=O)Nc1ccc2c(c1)OCO2)c1ccccc1F. The molecule has 1 aliphatic carbocycles. The number of para-hydroxylation sites is 1. The zero-order valence-corrected chi connectivity index (χ0v) is 20.6. The molecule has 0 unspecified atom stereocenters. The zero-order valence-electron chi connectivity index (χ0n) is 19.8. The molecule has 3 amide bonds. The fourth-order valence-electron chi connectivity index (χ4n) is 4.29. The minimum atomic E-state index is -1.90. The highest BCUT2D eigenvalue weighted by Gasteiger charge is 2.32. The highest BCUT2D eigenvalue weighted by Crippen LogP contribution is 2.34. The van der Waals surface area contributed by atoms with Crippen molar-refractivity contribution in [2.75, 3.05) is 28.5 Å². The van der Waals surface area contributed by atoms with Gasteiger partial charge >= 0.3 is 0 Å². The number of nitrogens with one attached hydrogen (secondary N) is 2. The predicted molar refractivity (Wildman–Crippen MR) is 133 cm³/mol. The van der Waals surface area contributed by atoms with Crippen LogP contribution in [0.25, 0.3) is 0 Å². The van der Waals surface area contributed by atoms with Gasteiger partial charge in [-0.3, -0.25) is 23.5 Å². The number of carbonyl (C=O) groups is 3. The molecule has 4 rings (SSSR count). The van der Waals surface area contributed by atoms with Crippen molar-refractivity contribution in [2.45, 2.75) is 44.7 Å². The molecular formula is C25H28FN3O6S. The summed E-state index contributed by atoms with van der Waals surface area (Å²) in [5.41, 5.74) is 0.344. The van der Waals surface area contributed by atoms with E-state index in [1.807, 2.05) is 0 Å². The number of halogens is 1. The maximum atomic E-state index is 14.6. The summed E-state index contributed by atoms with van der Waals surface area (Å²) in [5.74, 6) is -2.34. The van der Waals surface area contributed by atoms with Gasteiger partial charge < -0.3 is 20.1 Å². The van der Waals surface area contributed by atoms with Crippen LogP contribution < -0.4 is 25.0 Å². The third-order valence-electron chi connectivity index (χ3n) is 6.08. The van der Waals surface area contributed by atoms with Gasteiger partial charge in [0.25, 0.3) is 0 Å². The third-order valence-corrected chi connectivity index (χ3v) is 7.23. The molecule has 2 N–H and O–H groups in total.